The predicted octanol–water partition coefficient (Wildman–Crippen LogP) is 3.70. The minimum absolute atomic E-state index is 0.0238. The average Bonchev–Trinajstić information content (AvgIpc) is 3.10. The molecule has 8 nitrogen and oxygen atoms in total. The third kappa shape index (κ3) is 3.67. The summed E-state index contributed by atoms with van der Waals surface area (Å²) in [5, 5.41) is 16.1. The number of hydrogen-bond acceptors (Lipinski definition) is 5. The number of carbonyl (C=O) groups is 1. The van der Waals surface area contributed by atoms with Gasteiger partial charge < -0.3 is 4.57 Å². The predicted molar refractivity (Wildman–Crippen MR) is 123 cm³/mol. The molecule has 0 saturated carbocycles. The van der Waals surface area contributed by atoms with Crippen LogP contribution in [0.4, 0.5) is 5.69 Å². The van der Waals surface area contributed by atoms with Crippen molar-refractivity contribution >= 4 is 28.7 Å². The Morgan fingerprint density at radius 3 is 2.84 bits per heavy atom. The van der Waals surface area contributed by atoms with Crippen LogP contribution in [0.1, 0.15) is 41.3 Å². The molecule has 3 aromatic rings. The van der Waals surface area contributed by atoms with Gasteiger partial charge in [-0.05, 0) is 61.6 Å². The molecule has 8 heteroatoms. The van der Waals surface area contributed by atoms with Gasteiger partial charge in [-0.1, -0.05) is 11.6 Å². The van der Waals surface area contributed by atoms with Crippen LogP contribution in [-0.4, -0.2) is 39.6 Å². The number of carbonyl (C=O) groups excluding carboxylic acids is 1. The van der Waals surface area contributed by atoms with E-state index in [1.54, 1.807) is 12.1 Å². The maximum atomic E-state index is 12.6. The molecule has 2 aromatic carbocycles. The Bertz CT molecular complexity index is 1230. The molecular weight excluding hydrogens is 406 g/mol. The largest absolute Gasteiger partial charge is 0.342 e. The number of benzene rings is 2. The highest BCUT2D eigenvalue weighted by molar-refractivity contribution is 5.87. The molecule has 2 heterocycles. The van der Waals surface area contributed by atoms with Crippen molar-refractivity contribution in [2.24, 2.45) is 5.10 Å². The number of non-ortho nitro benzene ring substituents is 1. The van der Waals surface area contributed by atoms with E-state index in [4.69, 9.17) is 0 Å². The van der Waals surface area contributed by atoms with Gasteiger partial charge in [-0.15, -0.1) is 0 Å². The van der Waals surface area contributed by atoms with E-state index in [9.17, 15) is 14.9 Å². The first kappa shape index (κ1) is 20.4. The van der Waals surface area contributed by atoms with Gasteiger partial charge in [-0.2, -0.15) is 5.10 Å². The zero-order valence-electron chi connectivity index (χ0n) is 18.0. The molecule has 0 saturated heterocycles. The summed E-state index contributed by atoms with van der Waals surface area (Å²) in [5.41, 5.74) is 8.72. The summed E-state index contributed by atoms with van der Waals surface area (Å²) < 4.78 is 2.45. The van der Waals surface area contributed by atoms with Crippen LogP contribution < -0.4 is 5.43 Å². The Kier molecular flexibility index (Phi) is 5.22. The number of hydrogen-bond donors (Lipinski definition) is 1. The van der Waals surface area contributed by atoms with Crippen LogP contribution in [0.5, 0.6) is 0 Å². The van der Waals surface area contributed by atoms with Gasteiger partial charge in [0.25, 0.3) is 11.6 Å². The Labute approximate surface area is 185 Å². The Morgan fingerprint density at radius 2 is 2.06 bits per heavy atom. The Morgan fingerprint density at radius 1 is 1.25 bits per heavy atom. The molecule has 1 unspecified atom stereocenters. The minimum Gasteiger partial charge on any atom is -0.342 e. The van der Waals surface area contributed by atoms with Crippen molar-refractivity contribution in [2.45, 2.75) is 38.8 Å². The van der Waals surface area contributed by atoms with E-state index < -0.39 is 4.92 Å². The van der Waals surface area contributed by atoms with Gasteiger partial charge in [0.15, 0.2) is 0 Å². The average molecular weight is 431 g/mol. The second-order valence-corrected chi connectivity index (χ2v) is 8.56. The molecule has 164 valence electrons. The highest BCUT2D eigenvalue weighted by Crippen LogP contribution is 2.42. The Balaban J connectivity index is 1.28. The lowest BCUT2D eigenvalue weighted by atomic mass is 9.89. The maximum absolute atomic E-state index is 12.6. The number of rotatable bonds is 5. The summed E-state index contributed by atoms with van der Waals surface area (Å²) in [4.78, 5) is 25.1. The van der Waals surface area contributed by atoms with E-state index in [1.165, 1.54) is 46.1 Å². The van der Waals surface area contributed by atoms with Crippen molar-refractivity contribution < 1.29 is 9.72 Å². The molecule has 1 amide bonds. The fourth-order valence-electron chi connectivity index (χ4n) is 5.06. The van der Waals surface area contributed by atoms with Gasteiger partial charge in [0.05, 0.1) is 23.7 Å². The molecule has 0 radical (unpaired) electrons. The topological polar surface area (TPSA) is 92.8 Å². The number of amides is 1. The summed E-state index contributed by atoms with van der Waals surface area (Å²) in [6.45, 7) is 4.14. The summed E-state index contributed by atoms with van der Waals surface area (Å²) in [6, 6.07) is 13.0. The first-order chi connectivity index (χ1) is 15.5. The van der Waals surface area contributed by atoms with Crippen molar-refractivity contribution in [3.63, 3.8) is 0 Å². The molecular formula is C24H25N5O3. The number of nitrogens with zero attached hydrogens (tertiary/aromatic N) is 4. The standard InChI is InChI=1S/C24H25N5O3/c1-16-5-10-21-20(13-16)19-3-2-4-22-24(19)28(21)12-11-27(22)15-23(30)26-25-14-17-6-8-18(9-7-17)29(31)32/h5-10,13-14,22H,2-4,11-12,15H2,1H3,(H,26,30). The fourth-order valence-corrected chi connectivity index (χ4v) is 5.06. The molecule has 1 atom stereocenters. The molecule has 0 fully saturated rings. The molecule has 0 spiro atoms. The van der Waals surface area contributed by atoms with Crippen LogP contribution in [0.3, 0.4) is 0 Å². The molecule has 32 heavy (non-hydrogen) atoms. The van der Waals surface area contributed by atoms with Crippen LogP contribution >= 0.6 is 0 Å². The number of fused-ring (bicyclic) bond motifs is 3. The minimum atomic E-state index is -0.446. The monoisotopic (exact) mass is 431 g/mol. The van der Waals surface area contributed by atoms with Crippen molar-refractivity contribution in [2.75, 3.05) is 13.1 Å². The van der Waals surface area contributed by atoms with Crippen molar-refractivity contribution in [3.8, 4) is 0 Å². The lowest BCUT2D eigenvalue weighted by Gasteiger charge is -2.39. The maximum Gasteiger partial charge on any atom is 0.269 e. The summed E-state index contributed by atoms with van der Waals surface area (Å²) >= 11 is 0. The zero-order valence-corrected chi connectivity index (χ0v) is 18.0. The van der Waals surface area contributed by atoms with Gasteiger partial charge >= 0.3 is 0 Å². The van der Waals surface area contributed by atoms with Gasteiger partial charge in [-0.25, -0.2) is 5.43 Å². The summed E-state index contributed by atoms with van der Waals surface area (Å²) in [7, 11) is 0. The number of nitrogens with one attached hydrogen (secondary N) is 1. The van der Waals surface area contributed by atoms with Gasteiger partial charge in [-0.3, -0.25) is 19.8 Å². The lowest BCUT2D eigenvalue weighted by molar-refractivity contribution is -0.384. The van der Waals surface area contributed by atoms with Crippen LogP contribution in [0.15, 0.2) is 47.6 Å². The molecule has 1 N–H and O–H groups in total. The molecule has 5 rings (SSSR count). The molecule has 0 bridgehead atoms. The van der Waals surface area contributed by atoms with Crippen LogP contribution in [0.2, 0.25) is 0 Å². The molecule has 2 aliphatic rings. The normalized spacial score (nSPS) is 18.1. The van der Waals surface area contributed by atoms with E-state index in [2.05, 4.69) is 45.1 Å². The second kappa shape index (κ2) is 8.20. The van der Waals surface area contributed by atoms with Crippen molar-refractivity contribution in [1.82, 2.24) is 14.9 Å². The van der Waals surface area contributed by atoms with Crippen LogP contribution in [-0.2, 0) is 17.8 Å². The summed E-state index contributed by atoms with van der Waals surface area (Å²) in [5.74, 6) is -0.157. The quantitative estimate of drug-likeness (QED) is 0.379. The van der Waals surface area contributed by atoms with E-state index >= 15 is 0 Å². The van der Waals surface area contributed by atoms with E-state index in [0.29, 0.717) is 12.1 Å². The van der Waals surface area contributed by atoms with Crippen molar-refractivity contribution in [1.29, 1.82) is 0 Å². The summed E-state index contributed by atoms with van der Waals surface area (Å²) in [6.07, 6.45) is 4.78. The smallest absolute Gasteiger partial charge is 0.269 e. The third-order valence-electron chi connectivity index (χ3n) is 6.49. The fraction of sp³-hybridized carbons (Fsp3) is 0.333. The highest BCUT2D eigenvalue weighted by atomic mass is 16.6. The number of aromatic nitrogens is 1. The van der Waals surface area contributed by atoms with Gasteiger partial charge in [0, 0.05) is 41.8 Å². The SMILES string of the molecule is Cc1ccc2c(c1)c1c3n2CCN(CC(=O)NN=Cc2ccc([N+](=O)[O-])cc2)C3CCC1. The highest BCUT2D eigenvalue weighted by Gasteiger charge is 2.35. The van der Waals surface area contributed by atoms with Crippen LogP contribution in [0.25, 0.3) is 10.9 Å². The third-order valence-corrected chi connectivity index (χ3v) is 6.49. The number of aryl methyl sites for hydroxylation is 2. The zero-order chi connectivity index (χ0) is 22.2. The van der Waals surface area contributed by atoms with E-state index in [1.807, 2.05) is 0 Å². The van der Waals surface area contributed by atoms with Crippen molar-refractivity contribution in [3.05, 3.63) is 75.0 Å². The van der Waals surface area contributed by atoms with Crippen LogP contribution in [0, 0.1) is 17.0 Å². The molecule has 1 aromatic heterocycles. The number of nitro benzene ring substituents is 1. The lowest BCUT2D eigenvalue weighted by Crippen LogP contribution is -2.44. The first-order valence-electron chi connectivity index (χ1n) is 10.9. The number of nitro groups is 1. The molecule has 1 aliphatic carbocycles. The second-order valence-electron chi connectivity index (χ2n) is 8.56. The van der Waals surface area contributed by atoms with E-state index in [0.717, 1.165) is 32.4 Å². The van der Waals surface area contributed by atoms with E-state index in [-0.39, 0.29) is 17.6 Å². The Hall–Kier alpha value is -3.52. The van der Waals surface area contributed by atoms with Gasteiger partial charge in [0.2, 0.25) is 0 Å². The first-order valence-corrected chi connectivity index (χ1v) is 10.9. The van der Waals surface area contributed by atoms with Gasteiger partial charge in [0.1, 0.15) is 0 Å². The molecule has 1 aliphatic heterocycles. The number of hydrazone groups is 1.